The smallest absolute Gasteiger partial charge is 0.266 e. The molecule has 1 amide bonds. The number of hydrogen-bond donors (Lipinski definition) is 1. The minimum atomic E-state index is -0.260. The molecule has 0 bridgehead atoms. The number of rotatable bonds is 5. The van der Waals surface area contributed by atoms with E-state index in [1.165, 1.54) is 11.3 Å². The zero-order valence-corrected chi connectivity index (χ0v) is 15.8. The molecule has 0 saturated carbocycles. The predicted octanol–water partition coefficient (Wildman–Crippen LogP) is 5.86. The standard InChI is InChI=1S/C18H17ClN2OS2/c1-3-5-13(14-6-4-9-23-14)20-21-18(22)17-16(19)12-8-7-11(2)10-15(12)24-17/h4,6-10H,3,5H2,1-2H3,(H,21,22)/b20-13+. The van der Waals surface area contributed by atoms with Gasteiger partial charge in [0.15, 0.2) is 0 Å². The Kier molecular flexibility index (Phi) is 5.33. The first-order chi connectivity index (χ1) is 11.6. The van der Waals surface area contributed by atoms with Gasteiger partial charge in [0.05, 0.1) is 15.6 Å². The summed E-state index contributed by atoms with van der Waals surface area (Å²) in [7, 11) is 0. The molecule has 24 heavy (non-hydrogen) atoms. The van der Waals surface area contributed by atoms with Crippen molar-refractivity contribution in [2.24, 2.45) is 5.10 Å². The number of hydrazone groups is 1. The first-order valence-electron chi connectivity index (χ1n) is 7.69. The van der Waals surface area contributed by atoms with Crippen LogP contribution in [-0.2, 0) is 0 Å². The molecule has 0 aliphatic rings. The summed E-state index contributed by atoms with van der Waals surface area (Å²) in [5.74, 6) is -0.260. The van der Waals surface area contributed by atoms with Gasteiger partial charge in [-0.15, -0.1) is 22.7 Å². The van der Waals surface area contributed by atoms with Gasteiger partial charge in [-0.25, -0.2) is 5.43 Å². The Hall–Kier alpha value is -1.69. The van der Waals surface area contributed by atoms with Gasteiger partial charge in [0, 0.05) is 10.1 Å². The summed E-state index contributed by atoms with van der Waals surface area (Å²) in [5.41, 5.74) is 4.71. The van der Waals surface area contributed by atoms with Crippen LogP contribution >= 0.6 is 34.3 Å². The van der Waals surface area contributed by atoms with E-state index < -0.39 is 0 Å². The third-order valence-electron chi connectivity index (χ3n) is 3.58. The maximum Gasteiger partial charge on any atom is 0.283 e. The number of carbonyl (C=O) groups is 1. The van der Waals surface area contributed by atoms with Gasteiger partial charge in [-0.1, -0.05) is 43.1 Å². The van der Waals surface area contributed by atoms with Crippen LogP contribution in [0, 0.1) is 6.92 Å². The lowest BCUT2D eigenvalue weighted by Crippen LogP contribution is -2.19. The van der Waals surface area contributed by atoms with E-state index in [0.29, 0.717) is 9.90 Å². The first kappa shape index (κ1) is 17.1. The van der Waals surface area contributed by atoms with Crippen molar-refractivity contribution in [2.45, 2.75) is 26.7 Å². The second-order valence-electron chi connectivity index (χ2n) is 5.47. The summed E-state index contributed by atoms with van der Waals surface area (Å²) in [6.45, 7) is 4.12. The summed E-state index contributed by atoms with van der Waals surface area (Å²) in [5, 5.41) is 7.75. The maximum absolute atomic E-state index is 12.5. The van der Waals surface area contributed by atoms with E-state index in [1.54, 1.807) is 11.3 Å². The second kappa shape index (κ2) is 7.47. The van der Waals surface area contributed by atoms with E-state index in [1.807, 2.05) is 42.6 Å². The highest BCUT2D eigenvalue weighted by molar-refractivity contribution is 7.21. The number of halogens is 1. The number of fused-ring (bicyclic) bond motifs is 1. The number of hydrogen-bond acceptors (Lipinski definition) is 4. The molecule has 2 aromatic heterocycles. The highest BCUT2D eigenvalue weighted by atomic mass is 35.5. The lowest BCUT2D eigenvalue weighted by atomic mass is 10.2. The molecule has 124 valence electrons. The summed E-state index contributed by atoms with van der Waals surface area (Å²) < 4.78 is 1.01. The minimum absolute atomic E-state index is 0.260. The molecule has 0 atom stereocenters. The van der Waals surface area contributed by atoms with Crippen molar-refractivity contribution >= 4 is 56.0 Å². The normalized spacial score (nSPS) is 11.9. The zero-order chi connectivity index (χ0) is 17.1. The fourth-order valence-electron chi connectivity index (χ4n) is 2.40. The van der Waals surface area contributed by atoms with Crippen molar-refractivity contribution in [3.05, 3.63) is 56.1 Å². The number of carbonyl (C=O) groups excluding carboxylic acids is 1. The minimum Gasteiger partial charge on any atom is -0.266 e. The number of nitrogens with one attached hydrogen (secondary N) is 1. The molecule has 0 fully saturated rings. The van der Waals surface area contributed by atoms with Crippen molar-refractivity contribution in [3.63, 3.8) is 0 Å². The summed E-state index contributed by atoms with van der Waals surface area (Å²) in [6.07, 6.45) is 1.79. The van der Waals surface area contributed by atoms with Crippen molar-refractivity contribution in [1.29, 1.82) is 0 Å². The molecule has 0 radical (unpaired) electrons. The highest BCUT2D eigenvalue weighted by Gasteiger charge is 2.17. The Morgan fingerprint density at radius 2 is 2.17 bits per heavy atom. The number of amides is 1. The molecule has 3 aromatic rings. The zero-order valence-electron chi connectivity index (χ0n) is 13.4. The average Bonchev–Trinajstić information content (AvgIpc) is 3.19. The van der Waals surface area contributed by atoms with Gasteiger partial charge < -0.3 is 0 Å². The van der Waals surface area contributed by atoms with Crippen LogP contribution in [0.1, 0.15) is 39.9 Å². The van der Waals surface area contributed by atoms with E-state index in [-0.39, 0.29) is 5.91 Å². The second-order valence-corrected chi connectivity index (χ2v) is 7.85. The summed E-state index contributed by atoms with van der Waals surface area (Å²) >= 11 is 9.40. The van der Waals surface area contributed by atoms with Crippen molar-refractivity contribution < 1.29 is 4.79 Å². The largest absolute Gasteiger partial charge is 0.283 e. The van der Waals surface area contributed by atoms with E-state index in [0.717, 1.165) is 39.1 Å². The van der Waals surface area contributed by atoms with Crippen molar-refractivity contribution in [1.82, 2.24) is 5.43 Å². The molecule has 1 N–H and O–H groups in total. The molecule has 0 saturated heterocycles. The molecule has 0 unspecified atom stereocenters. The highest BCUT2D eigenvalue weighted by Crippen LogP contribution is 2.35. The van der Waals surface area contributed by atoms with Crippen LogP contribution in [-0.4, -0.2) is 11.6 Å². The molecule has 1 aromatic carbocycles. The number of aryl methyl sites for hydroxylation is 1. The maximum atomic E-state index is 12.5. The summed E-state index contributed by atoms with van der Waals surface area (Å²) in [6, 6.07) is 9.99. The van der Waals surface area contributed by atoms with Gasteiger partial charge in [-0.2, -0.15) is 5.10 Å². The predicted molar refractivity (Wildman–Crippen MR) is 105 cm³/mol. The van der Waals surface area contributed by atoms with Crippen LogP contribution in [0.3, 0.4) is 0 Å². The lowest BCUT2D eigenvalue weighted by Gasteiger charge is -2.03. The van der Waals surface area contributed by atoms with E-state index in [9.17, 15) is 4.79 Å². The Morgan fingerprint density at radius 1 is 1.33 bits per heavy atom. The van der Waals surface area contributed by atoms with Gasteiger partial charge >= 0.3 is 0 Å². The fraction of sp³-hybridized carbons (Fsp3) is 0.222. The molecule has 3 rings (SSSR count). The lowest BCUT2D eigenvalue weighted by molar-refractivity contribution is 0.0959. The van der Waals surface area contributed by atoms with Crippen LogP contribution in [0.15, 0.2) is 40.8 Å². The molecular weight excluding hydrogens is 360 g/mol. The summed E-state index contributed by atoms with van der Waals surface area (Å²) in [4.78, 5) is 14.1. The molecule has 0 aliphatic heterocycles. The number of nitrogens with zero attached hydrogens (tertiary/aromatic N) is 1. The Bertz CT molecular complexity index is 897. The average molecular weight is 377 g/mol. The van der Waals surface area contributed by atoms with Gasteiger partial charge in [-0.3, -0.25) is 4.79 Å². The van der Waals surface area contributed by atoms with E-state index >= 15 is 0 Å². The third kappa shape index (κ3) is 3.53. The van der Waals surface area contributed by atoms with E-state index in [4.69, 9.17) is 11.6 Å². The number of benzene rings is 1. The molecule has 0 aliphatic carbocycles. The van der Waals surface area contributed by atoms with E-state index in [2.05, 4.69) is 17.5 Å². The molecule has 6 heteroatoms. The van der Waals surface area contributed by atoms with Gasteiger partial charge in [0.25, 0.3) is 5.91 Å². The van der Waals surface area contributed by atoms with Gasteiger partial charge in [0.1, 0.15) is 4.88 Å². The van der Waals surface area contributed by atoms with Crippen LogP contribution < -0.4 is 5.43 Å². The van der Waals surface area contributed by atoms with Crippen molar-refractivity contribution in [2.75, 3.05) is 0 Å². The van der Waals surface area contributed by atoms with Crippen LogP contribution in [0.2, 0.25) is 5.02 Å². The molecule has 2 heterocycles. The quantitative estimate of drug-likeness (QED) is 0.439. The molecule has 3 nitrogen and oxygen atoms in total. The monoisotopic (exact) mass is 376 g/mol. The Balaban J connectivity index is 1.86. The fourth-order valence-corrected chi connectivity index (χ4v) is 4.65. The SMILES string of the molecule is CCC/C(=N\NC(=O)c1sc2cc(C)ccc2c1Cl)c1cccs1. The Morgan fingerprint density at radius 3 is 2.88 bits per heavy atom. The van der Waals surface area contributed by atoms with Crippen LogP contribution in [0.5, 0.6) is 0 Å². The van der Waals surface area contributed by atoms with Crippen LogP contribution in [0.4, 0.5) is 0 Å². The topological polar surface area (TPSA) is 41.5 Å². The molecular formula is C18H17ClN2OS2. The van der Waals surface area contributed by atoms with Gasteiger partial charge in [-0.05, 0) is 36.4 Å². The Labute approximate surface area is 154 Å². The van der Waals surface area contributed by atoms with Crippen molar-refractivity contribution in [3.8, 4) is 0 Å². The van der Waals surface area contributed by atoms with Crippen LogP contribution in [0.25, 0.3) is 10.1 Å². The molecule has 0 spiro atoms. The van der Waals surface area contributed by atoms with Gasteiger partial charge in [0.2, 0.25) is 0 Å². The number of thiophene rings is 2. The first-order valence-corrected chi connectivity index (χ1v) is 9.77. The third-order valence-corrected chi connectivity index (χ3v) is 6.15.